The van der Waals surface area contributed by atoms with E-state index in [1.807, 2.05) is 0 Å². The number of nitrogens with zero attached hydrogens (tertiary/aromatic N) is 2. The van der Waals surface area contributed by atoms with Crippen molar-refractivity contribution in [2.24, 2.45) is 0 Å². The van der Waals surface area contributed by atoms with E-state index in [1.165, 1.54) is 11.1 Å². The summed E-state index contributed by atoms with van der Waals surface area (Å²) in [6.45, 7) is 21.1. The van der Waals surface area contributed by atoms with E-state index in [0.717, 1.165) is 76.8 Å². The Bertz CT molecular complexity index is 700. The van der Waals surface area contributed by atoms with Gasteiger partial charge in [0.15, 0.2) is 0 Å². The summed E-state index contributed by atoms with van der Waals surface area (Å²) in [6, 6.07) is 17.6. The van der Waals surface area contributed by atoms with Crippen molar-refractivity contribution in [3.8, 4) is 11.5 Å². The highest BCUT2D eigenvalue weighted by Gasteiger charge is 2.22. The van der Waals surface area contributed by atoms with Crippen LogP contribution in [0.1, 0.15) is 77.3 Å². The van der Waals surface area contributed by atoms with Gasteiger partial charge in [0.1, 0.15) is 24.7 Å². The standard InChI is InChI=1S/C30H48N2O2/c1-7-29(25-13-17-27(18-14-25)33-23-21-31(9-3)10-4)30(8-2)26-15-19-28(20-16-26)34-24-22-32(11-5)12-6/h13-20,29-30H,7-12,21-24H2,1-6H3/t29-,30-/m1/s1. The first kappa shape index (κ1) is 28.2. The Balaban J connectivity index is 1.98. The highest BCUT2D eigenvalue weighted by Crippen LogP contribution is 2.38. The van der Waals surface area contributed by atoms with Gasteiger partial charge in [-0.3, -0.25) is 0 Å². The fourth-order valence-corrected chi connectivity index (χ4v) is 4.79. The van der Waals surface area contributed by atoms with Gasteiger partial charge in [0.2, 0.25) is 0 Å². The van der Waals surface area contributed by atoms with Gasteiger partial charge in [0.25, 0.3) is 0 Å². The van der Waals surface area contributed by atoms with Crippen LogP contribution in [0.2, 0.25) is 0 Å². The third kappa shape index (κ3) is 8.63. The molecule has 0 amide bonds. The molecule has 2 atom stereocenters. The molecule has 34 heavy (non-hydrogen) atoms. The lowest BCUT2D eigenvalue weighted by Gasteiger charge is -2.27. The summed E-state index contributed by atoms with van der Waals surface area (Å²) in [6.07, 6.45) is 2.23. The summed E-state index contributed by atoms with van der Waals surface area (Å²) in [5, 5.41) is 0. The number of ether oxygens (including phenoxy) is 2. The van der Waals surface area contributed by atoms with Crippen LogP contribution in [0.4, 0.5) is 0 Å². The molecule has 0 aliphatic heterocycles. The van der Waals surface area contributed by atoms with Crippen molar-refractivity contribution in [3.63, 3.8) is 0 Å². The van der Waals surface area contributed by atoms with Gasteiger partial charge < -0.3 is 19.3 Å². The normalized spacial score (nSPS) is 13.3. The largest absolute Gasteiger partial charge is 0.492 e. The van der Waals surface area contributed by atoms with Crippen LogP contribution in [0, 0.1) is 0 Å². The molecular formula is C30H48N2O2. The first-order chi connectivity index (χ1) is 16.6. The van der Waals surface area contributed by atoms with E-state index in [9.17, 15) is 0 Å². The zero-order valence-corrected chi connectivity index (χ0v) is 22.6. The van der Waals surface area contributed by atoms with E-state index in [-0.39, 0.29) is 0 Å². The number of benzene rings is 2. The molecule has 2 aromatic carbocycles. The van der Waals surface area contributed by atoms with Gasteiger partial charge in [0, 0.05) is 13.1 Å². The lowest BCUT2D eigenvalue weighted by Crippen LogP contribution is -2.27. The minimum Gasteiger partial charge on any atom is -0.492 e. The molecule has 0 N–H and O–H groups in total. The van der Waals surface area contributed by atoms with Crippen LogP contribution in [0.25, 0.3) is 0 Å². The van der Waals surface area contributed by atoms with E-state index in [1.54, 1.807) is 0 Å². The van der Waals surface area contributed by atoms with Gasteiger partial charge in [-0.05, 0) is 86.2 Å². The van der Waals surface area contributed by atoms with Crippen LogP contribution >= 0.6 is 0 Å². The van der Waals surface area contributed by atoms with Crippen LogP contribution in [-0.4, -0.2) is 62.3 Å². The van der Waals surface area contributed by atoms with Crippen molar-refractivity contribution in [2.45, 2.75) is 66.2 Å². The zero-order chi connectivity index (χ0) is 24.8. The molecule has 0 aliphatic rings. The summed E-state index contributed by atoms with van der Waals surface area (Å²) in [7, 11) is 0. The quantitative estimate of drug-likeness (QED) is 0.254. The van der Waals surface area contributed by atoms with Crippen LogP contribution in [0.5, 0.6) is 11.5 Å². The zero-order valence-electron chi connectivity index (χ0n) is 22.6. The number of rotatable bonds is 17. The average Bonchev–Trinajstić information content (AvgIpc) is 2.88. The van der Waals surface area contributed by atoms with Crippen molar-refractivity contribution >= 4 is 0 Å². The van der Waals surface area contributed by atoms with Crippen molar-refractivity contribution in [3.05, 3.63) is 59.7 Å². The monoisotopic (exact) mass is 468 g/mol. The Morgan fingerprint density at radius 1 is 0.529 bits per heavy atom. The van der Waals surface area contributed by atoms with E-state index in [2.05, 4.69) is 99.9 Å². The maximum atomic E-state index is 6.00. The van der Waals surface area contributed by atoms with E-state index in [4.69, 9.17) is 9.47 Å². The first-order valence-corrected chi connectivity index (χ1v) is 13.5. The highest BCUT2D eigenvalue weighted by atomic mass is 16.5. The second kappa shape index (κ2) is 15.8. The third-order valence-corrected chi connectivity index (χ3v) is 7.12. The Hall–Kier alpha value is -2.04. The maximum absolute atomic E-state index is 6.00. The number of hydrogen-bond acceptors (Lipinski definition) is 4. The lowest BCUT2D eigenvalue weighted by atomic mass is 9.78. The first-order valence-electron chi connectivity index (χ1n) is 13.5. The second-order valence-corrected chi connectivity index (χ2v) is 8.92. The predicted octanol–water partition coefficient (Wildman–Crippen LogP) is 6.82. The second-order valence-electron chi connectivity index (χ2n) is 8.92. The molecule has 0 saturated carbocycles. The Labute approximate surface area is 209 Å². The van der Waals surface area contributed by atoms with Crippen molar-refractivity contribution in [1.82, 2.24) is 9.80 Å². The third-order valence-electron chi connectivity index (χ3n) is 7.12. The maximum Gasteiger partial charge on any atom is 0.119 e. The summed E-state index contributed by atoms with van der Waals surface area (Å²) < 4.78 is 12.0. The minimum absolute atomic E-state index is 0.490. The van der Waals surface area contributed by atoms with Crippen LogP contribution in [-0.2, 0) is 0 Å². The molecule has 190 valence electrons. The van der Waals surface area contributed by atoms with Crippen molar-refractivity contribution in [2.75, 3.05) is 52.5 Å². The van der Waals surface area contributed by atoms with Crippen molar-refractivity contribution < 1.29 is 9.47 Å². The lowest BCUT2D eigenvalue weighted by molar-refractivity contribution is 0.222. The average molecular weight is 469 g/mol. The molecule has 0 heterocycles. The molecule has 4 heteroatoms. The van der Waals surface area contributed by atoms with E-state index in [0.29, 0.717) is 11.8 Å². The van der Waals surface area contributed by atoms with Crippen LogP contribution < -0.4 is 9.47 Å². The summed E-state index contributed by atoms with van der Waals surface area (Å²) in [5.41, 5.74) is 2.79. The Kier molecular flexibility index (Phi) is 13.1. The van der Waals surface area contributed by atoms with Crippen LogP contribution in [0.15, 0.2) is 48.5 Å². The van der Waals surface area contributed by atoms with Gasteiger partial charge >= 0.3 is 0 Å². The molecule has 2 aromatic rings. The fraction of sp³-hybridized carbons (Fsp3) is 0.600. The fourth-order valence-electron chi connectivity index (χ4n) is 4.79. The predicted molar refractivity (Wildman–Crippen MR) is 146 cm³/mol. The van der Waals surface area contributed by atoms with Gasteiger partial charge in [-0.25, -0.2) is 0 Å². The van der Waals surface area contributed by atoms with Gasteiger partial charge in [-0.15, -0.1) is 0 Å². The van der Waals surface area contributed by atoms with E-state index >= 15 is 0 Å². The summed E-state index contributed by atoms with van der Waals surface area (Å²) in [4.78, 5) is 4.77. The summed E-state index contributed by atoms with van der Waals surface area (Å²) in [5.74, 6) is 2.91. The molecule has 0 unspecified atom stereocenters. The van der Waals surface area contributed by atoms with Crippen LogP contribution in [0.3, 0.4) is 0 Å². The van der Waals surface area contributed by atoms with Gasteiger partial charge in [0.05, 0.1) is 0 Å². The molecule has 0 bridgehead atoms. The molecule has 0 radical (unpaired) electrons. The highest BCUT2D eigenvalue weighted by molar-refractivity contribution is 5.35. The molecule has 0 fully saturated rings. The molecule has 4 nitrogen and oxygen atoms in total. The van der Waals surface area contributed by atoms with Crippen molar-refractivity contribution in [1.29, 1.82) is 0 Å². The number of hydrogen-bond donors (Lipinski definition) is 0. The van der Waals surface area contributed by atoms with E-state index < -0.39 is 0 Å². The topological polar surface area (TPSA) is 24.9 Å². The Morgan fingerprint density at radius 2 is 0.853 bits per heavy atom. The smallest absolute Gasteiger partial charge is 0.119 e. The van der Waals surface area contributed by atoms with Gasteiger partial charge in [-0.2, -0.15) is 0 Å². The Morgan fingerprint density at radius 3 is 1.12 bits per heavy atom. The SMILES string of the molecule is CC[C@H](c1ccc(OCCN(CC)CC)cc1)[C@H](CC)c1ccc(OCCN(CC)CC)cc1. The molecule has 0 aromatic heterocycles. The number of likely N-dealkylation sites (N-methyl/N-ethyl adjacent to an activating group) is 2. The molecule has 2 rings (SSSR count). The molecule has 0 spiro atoms. The molecular weight excluding hydrogens is 420 g/mol. The summed E-state index contributed by atoms with van der Waals surface area (Å²) >= 11 is 0. The minimum atomic E-state index is 0.490. The molecule has 0 aliphatic carbocycles. The van der Waals surface area contributed by atoms with Gasteiger partial charge in [-0.1, -0.05) is 65.8 Å². The molecule has 0 saturated heterocycles.